The third kappa shape index (κ3) is 2.71. The lowest BCUT2D eigenvalue weighted by Gasteiger charge is -2.32. The Morgan fingerprint density at radius 3 is 2.94 bits per heavy atom. The van der Waals surface area contributed by atoms with Gasteiger partial charge in [-0.1, -0.05) is 17.7 Å². The van der Waals surface area contributed by atoms with Gasteiger partial charge in [0.25, 0.3) is 5.91 Å². The average Bonchev–Trinajstić information content (AvgIpc) is 2.38. The smallest absolute Gasteiger partial charge is 0.254 e. The highest BCUT2D eigenvalue weighted by molar-refractivity contribution is 5.95. The van der Waals surface area contributed by atoms with Crippen molar-refractivity contribution >= 4 is 5.91 Å². The minimum Gasteiger partial charge on any atom is -0.394 e. The molecule has 0 aromatic heterocycles. The van der Waals surface area contributed by atoms with E-state index in [0.29, 0.717) is 19.7 Å². The van der Waals surface area contributed by atoms with Crippen LogP contribution in [0.25, 0.3) is 0 Å². The third-order valence-electron chi connectivity index (χ3n) is 3.24. The lowest BCUT2D eigenvalue weighted by Crippen LogP contribution is -2.47. The van der Waals surface area contributed by atoms with Gasteiger partial charge in [0, 0.05) is 18.7 Å². The maximum Gasteiger partial charge on any atom is 0.254 e. The van der Waals surface area contributed by atoms with Gasteiger partial charge in [-0.15, -0.1) is 0 Å². The van der Waals surface area contributed by atoms with Crippen LogP contribution in [0.4, 0.5) is 0 Å². The monoisotopic (exact) mass is 249 g/mol. The highest BCUT2D eigenvalue weighted by Gasteiger charge is 2.25. The van der Waals surface area contributed by atoms with Crippen LogP contribution in [0, 0.1) is 13.8 Å². The van der Waals surface area contributed by atoms with Crippen molar-refractivity contribution < 1.29 is 14.6 Å². The van der Waals surface area contributed by atoms with E-state index >= 15 is 0 Å². The molecule has 2 rings (SSSR count). The molecule has 1 aromatic carbocycles. The number of aryl methyl sites for hydroxylation is 2. The Balaban J connectivity index is 2.15. The Bertz CT molecular complexity index is 445. The van der Waals surface area contributed by atoms with E-state index in [2.05, 4.69) is 0 Å². The molecule has 4 heteroatoms. The number of hydrogen-bond donors (Lipinski definition) is 1. The summed E-state index contributed by atoms with van der Waals surface area (Å²) in [6, 6.07) is 5.83. The number of aliphatic hydroxyl groups excluding tert-OH is 1. The van der Waals surface area contributed by atoms with Crippen LogP contribution in [0.3, 0.4) is 0 Å². The van der Waals surface area contributed by atoms with E-state index in [-0.39, 0.29) is 18.6 Å². The summed E-state index contributed by atoms with van der Waals surface area (Å²) in [5.74, 6) is 0.0225. The van der Waals surface area contributed by atoms with E-state index in [1.807, 2.05) is 32.0 Å². The van der Waals surface area contributed by atoms with E-state index in [9.17, 15) is 4.79 Å². The summed E-state index contributed by atoms with van der Waals surface area (Å²) in [5.41, 5.74) is 2.88. The molecule has 1 aromatic rings. The number of aliphatic hydroxyl groups is 1. The molecule has 1 N–H and O–H groups in total. The molecule has 0 radical (unpaired) electrons. The lowest BCUT2D eigenvalue weighted by molar-refractivity contribution is -0.0447. The third-order valence-corrected chi connectivity index (χ3v) is 3.24. The number of hydrogen-bond acceptors (Lipinski definition) is 3. The largest absolute Gasteiger partial charge is 0.394 e. The van der Waals surface area contributed by atoms with Crippen LogP contribution in [0.2, 0.25) is 0 Å². The van der Waals surface area contributed by atoms with Crippen LogP contribution in [0.5, 0.6) is 0 Å². The molecule has 1 atom stereocenters. The molecule has 98 valence electrons. The fourth-order valence-corrected chi connectivity index (χ4v) is 2.24. The van der Waals surface area contributed by atoms with Gasteiger partial charge >= 0.3 is 0 Å². The first kappa shape index (κ1) is 13.1. The Morgan fingerprint density at radius 2 is 2.28 bits per heavy atom. The molecular formula is C14H19NO3. The summed E-state index contributed by atoms with van der Waals surface area (Å²) in [7, 11) is 0. The number of ether oxygens (including phenoxy) is 1. The summed E-state index contributed by atoms with van der Waals surface area (Å²) in [5, 5.41) is 9.09. The van der Waals surface area contributed by atoms with Gasteiger partial charge in [0.1, 0.15) is 0 Å². The first-order valence-corrected chi connectivity index (χ1v) is 6.21. The van der Waals surface area contributed by atoms with Crippen LogP contribution >= 0.6 is 0 Å². The number of benzene rings is 1. The number of carbonyl (C=O) groups excluding carboxylic acids is 1. The fraction of sp³-hybridized carbons (Fsp3) is 0.500. The fourth-order valence-electron chi connectivity index (χ4n) is 2.24. The van der Waals surface area contributed by atoms with Gasteiger partial charge < -0.3 is 14.7 Å². The standard InChI is InChI=1S/C14H19NO3/c1-10-3-4-13(11(2)7-10)14(17)15-5-6-18-12(8-15)9-16/h3-4,7,12,16H,5-6,8-9H2,1-2H3. The number of rotatable bonds is 2. The molecule has 1 amide bonds. The number of amides is 1. The summed E-state index contributed by atoms with van der Waals surface area (Å²) < 4.78 is 5.35. The Morgan fingerprint density at radius 1 is 1.50 bits per heavy atom. The van der Waals surface area contributed by atoms with Crippen LogP contribution in [0.15, 0.2) is 18.2 Å². The SMILES string of the molecule is Cc1ccc(C(=O)N2CCOC(CO)C2)c(C)c1. The van der Waals surface area contributed by atoms with Crippen molar-refractivity contribution in [1.82, 2.24) is 4.90 Å². The second kappa shape index (κ2) is 5.50. The summed E-state index contributed by atoms with van der Waals surface area (Å²) in [4.78, 5) is 14.1. The first-order valence-electron chi connectivity index (χ1n) is 6.21. The van der Waals surface area contributed by atoms with Gasteiger partial charge in [-0.25, -0.2) is 0 Å². The van der Waals surface area contributed by atoms with Gasteiger partial charge in [0.2, 0.25) is 0 Å². The molecule has 1 heterocycles. The number of morpholine rings is 1. The Hall–Kier alpha value is -1.39. The summed E-state index contributed by atoms with van der Waals surface area (Å²) in [6.07, 6.45) is -0.256. The van der Waals surface area contributed by atoms with E-state index in [1.165, 1.54) is 0 Å². The lowest BCUT2D eigenvalue weighted by atomic mass is 10.0. The molecule has 1 fully saturated rings. The molecule has 0 aliphatic carbocycles. The van der Waals surface area contributed by atoms with Crippen molar-refractivity contribution in [3.63, 3.8) is 0 Å². The molecule has 4 nitrogen and oxygen atoms in total. The molecule has 1 saturated heterocycles. The first-order chi connectivity index (χ1) is 8.61. The maximum atomic E-state index is 12.4. The molecule has 0 saturated carbocycles. The summed E-state index contributed by atoms with van der Waals surface area (Å²) >= 11 is 0. The number of nitrogens with zero attached hydrogens (tertiary/aromatic N) is 1. The molecule has 1 unspecified atom stereocenters. The van der Waals surface area contributed by atoms with Crippen molar-refractivity contribution in [2.24, 2.45) is 0 Å². The topological polar surface area (TPSA) is 49.8 Å². The van der Waals surface area contributed by atoms with Gasteiger partial charge in [0.15, 0.2) is 0 Å². The van der Waals surface area contributed by atoms with Gasteiger partial charge in [-0.2, -0.15) is 0 Å². The van der Waals surface area contributed by atoms with E-state index in [0.717, 1.165) is 16.7 Å². The molecule has 18 heavy (non-hydrogen) atoms. The van der Waals surface area contributed by atoms with E-state index in [1.54, 1.807) is 4.90 Å². The highest BCUT2D eigenvalue weighted by Crippen LogP contribution is 2.15. The minimum atomic E-state index is -0.256. The van der Waals surface area contributed by atoms with Crippen LogP contribution in [-0.2, 0) is 4.74 Å². The minimum absolute atomic E-state index is 0.0225. The normalized spacial score (nSPS) is 19.9. The predicted molar refractivity (Wildman–Crippen MR) is 68.6 cm³/mol. The highest BCUT2D eigenvalue weighted by atomic mass is 16.5. The molecule has 1 aliphatic rings. The zero-order valence-corrected chi connectivity index (χ0v) is 10.8. The predicted octanol–water partition coefficient (Wildman–Crippen LogP) is 1.14. The molecular weight excluding hydrogens is 230 g/mol. The van der Waals surface area contributed by atoms with Crippen molar-refractivity contribution in [3.05, 3.63) is 34.9 Å². The molecule has 0 bridgehead atoms. The number of carbonyl (C=O) groups is 1. The quantitative estimate of drug-likeness (QED) is 0.855. The van der Waals surface area contributed by atoms with Crippen molar-refractivity contribution in [3.8, 4) is 0 Å². The van der Waals surface area contributed by atoms with Gasteiger partial charge in [0.05, 0.1) is 19.3 Å². The van der Waals surface area contributed by atoms with E-state index in [4.69, 9.17) is 9.84 Å². The van der Waals surface area contributed by atoms with Crippen molar-refractivity contribution in [2.45, 2.75) is 20.0 Å². The zero-order chi connectivity index (χ0) is 13.1. The summed E-state index contributed by atoms with van der Waals surface area (Å²) in [6.45, 7) is 5.45. The Kier molecular flexibility index (Phi) is 3.99. The average molecular weight is 249 g/mol. The van der Waals surface area contributed by atoms with Gasteiger partial charge in [-0.3, -0.25) is 4.79 Å². The van der Waals surface area contributed by atoms with E-state index < -0.39 is 0 Å². The second-order valence-corrected chi connectivity index (χ2v) is 4.74. The molecule has 1 aliphatic heterocycles. The molecule has 0 spiro atoms. The van der Waals surface area contributed by atoms with Crippen molar-refractivity contribution in [1.29, 1.82) is 0 Å². The van der Waals surface area contributed by atoms with Crippen LogP contribution in [-0.4, -0.2) is 48.3 Å². The van der Waals surface area contributed by atoms with Crippen LogP contribution < -0.4 is 0 Å². The second-order valence-electron chi connectivity index (χ2n) is 4.74. The zero-order valence-electron chi connectivity index (χ0n) is 10.8. The maximum absolute atomic E-state index is 12.4. The van der Waals surface area contributed by atoms with Gasteiger partial charge in [-0.05, 0) is 25.5 Å². The van der Waals surface area contributed by atoms with Crippen molar-refractivity contribution in [2.75, 3.05) is 26.3 Å². The Labute approximate surface area is 107 Å². The van der Waals surface area contributed by atoms with Crippen LogP contribution in [0.1, 0.15) is 21.5 Å².